The Morgan fingerprint density at radius 2 is 2.05 bits per heavy atom. The van der Waals surface area contributed by atoms with E-state index in [0.717, 1.165) is 11.4 Å². The number of hydrogen-bond acceptors (Lipinski definition) is 5. The smallest absolute Gasteiger partial charge is 0.242 e. The third-order valence-corrected chi connectivity index (χ3v) is 6.36. The number of nitrogens with one attached hydrogen (secondary N) is 1. The van der Waals surface area contributed by atoms with Crippen LogP contribution in [0.4, 0.5) is 0 Å². The number of nitrogens with two attached hydrogens (primary N) is 1. The molecule has 0 saturated carbocycles. The quantitative estimate of drug-likeness (QED) is 0.752. The number of sulfonamides is 1. The van der Waals surface area contributed by atoms with Crippen LogP contribution >= 0.6 is 27.3 Å². The van der Waals surface area contributed by atoms with Gasteiger partial charge < -0.3 is 10.6 Å². The highest BCUT2D eigenvalue weighted by Gasteiger charge is 2.25. The van der Waals surface area contributed by atoms with Crippen molar-refractivity contribution in [2.24, 2.45) is 11.1 Å². The molecule has 1 aromatic rings. The molecule has 20 heavy (non-hydrogen) atoms. The second-order valence-electron chi connectivity index (χ2n) is 5.78. The summed E-state index contributed by atoms with van der Waals surface area (Å²) in [5.41, 5.74) is 5.40. The van der Waals surface area contributed by atoms with Crippen molar-refractivity contribution in [2.45, 2.75) is 25.3 Å². The van der Waals surface area contributed by atoms with E-state index in [4.69, 9.17) is 5.73 Å². The van der Waals surface area contributed by atoms with Crippen molar-refractivity contribution in [3.63, 3.8) is 0 Å². The van der Waals surface area contributed by atoms with Crippen LogP contribution in [-0.2, 0) is 16.6 Å². The van der Waals surface area contributed by atoms with Gasteiger partial charge in [0.15, 0.2) is 0 Å². The van der Waals surface area contributed by atoms with Gasteiger partial charge >= 0.3 is 0 Å². The Hall–Kier alpha value is 0.01000. The summed E-state index contributed by atoms with van der Waals surface area (Å²) in [6.07, 6.45) is 0. The molecular formula is C12H22BrN3O2S2. The van der Waals surface area contributed by atoms with Gasteiger partial charge in [-0.05, 0) is 41.5 Å². The van der Waals surface area contributed by atoms with Crippen LogP contribution in [0, 0.1) is 5.41 Å². The third-order valence-electron chi connectivity index (χ3n) is 2.68. The second-order valence-corrected chi connectivity index (χ2v) is 9.97. The average molecular weight is 384 g/mol. The van der Waals surface area contributed by atoms with Crippen LogP contribution in [-0.4, -0.2) is 40.5 Å². The Labute approximate surface area is 133 Å². The molecule has 1 rings (SSSR count). The normalized spacial score (nSPS) is 13.2. The lowest BCUT2D eigenvalue weighted by molar-refractivity contribution is 0.242. The van der Waals surface area contributed by atoms with Gasteiger partial charge in [0, 0.05) is 24.5 Å². The maximum absolute atomic E-state index is 12.3. The van der Waals surface area contributed by atoms with E-state index < -0.39 is 10.0 Å². The van der Waals surface area contributed by atoms with Gasteiger partial charge in [-0.3, -0.25) is 0 Å². The Morgan fingerprint density at radius 3 is 2.50 bits per heavy atom. The van der Waals surface area contributed by atoms with Crippen molar-refractivity contribution >= 4 is 37.3 Å². The molecule has 1 aromatic heterocycles. The number of thiophene rings is 1. The van der Waals surface area contributed by atoms with Crippen molar-refractivity contribution in [3.8, 4) is 0 Å². The van der Waals surface area contributed by atoms with Crippen molar-refractivity contribution in [1.29, 1.82) is 0 Å². The topological polar surface area (TPSA) is 75.4 Å². The minimum absolute atomic E-state index is 0.143. The van der Waals surface area contributed by atoms with Gasteiger partial charge in [-0.15, -0.1) is 11.3 Å². The summed E-state index contributed by atoms with van der Waals surface area (Å²) in [4.78, 5) is 3.15. The van der Waals surface area contributed by atoms with E-state index in [1.165, 1.54) is 11.3 Å². The zero-order valence-corrected chi connectivity index (χ0v) is 15.5. The number of rotatable bonds is 7. The predicted molar refractivity (Wildman–Crippen MR) is 87.4 cm³/mol. The summed E-state index contributed by atoms with van der Waals surface area (Å²) in [6, 6.07) is 1.62. The molecule has 0 amide bonds. The Kier molecular flexibility index (Phi) is 6.18. The number of nitrogens with zero attached hydrogens (tertiary/aromatic N) is 1. The predicted octanol–water partition coefficient (Wildman–Crippen LogP) is 1.84. The van der Waals surface area contributed by atoms with Gasteiger partial charge in [0.05, 0.1) is 3.79 Å². The Bertz CT molecular complexity index is 553. The summed E-state index contributed by atoms with van der Waals surface area (Å²) in [6.45, 7) is 5.58. The van der Waals surface area contributed by atoms with E-state index in [-0.39, 0.29) is 10.3 Å². The van der Waals surface area contributed by atoms with E-state index in [0.29, 0.717) is 16.9 Å². The summed E-state index contributed by atoms with van der Waals surface area (Å²) in [5, 5.41) is 0. The molecule has 5 nitrogen and oxygen atoms in total. The summed E-state index contributed by atoms with van der Waals surface area (Å²) < 4.78 is 27.9. The van der Waals surface area contributed by atoms with Gasteiger partial charge in [-0.25, -0.2) is 13.1 Å². The standard InChI is InChI=1S/C12H22BrN3O2S2/c1-12(2,8-16(3)4)7-15-20(17,18)10-5-9(6-14)19-11(10)13/h5,15H,6-8,14H2,1-4H3. The van der Waals surface area contributed by atoms with Crippen LogP contribution in [0.15, 0.2) is 14.7 Å². The first-order valence-corrected chi connectivity index (χ1v) is 9.29. The molecule has 0 atom stereocenters. The average Bonchev–Trinajstić information content (AvgIpc) is 2.67. The van der Waals surface area contributed by atoms with Crippen molar-refractivity contribution in [1.82, 2.24) is 9.62 Å². The molecule has 0 unspecified atom stereocenters. The van der Waals surface area contributed by atoms with Crippen molar-refractivity contribution < 1.29 is 8.42 Å². The molecule has 8 heteroatoms. The molecule has 0 aliphatic heterocycles. The van der Waals surface area contributed by atoms with E-state index in [1.807, 2.05) is 32.8 Å². The SMILES string of the molecule is CN(C)CC(C)(C)CNS(=O)(=O)c1cc(CN)sc1Br. The van der Waals surface area contributed by atoms with Crippen LogP contribution in [0.5, 0.6) is 0 Å². The molecular weight excluding hydrogens is 362 g/mol. The van der Waals surface area contributed by atoms with Gasteiger partial charge in [0.25, 0.3) is 0 Å². The molecule has 0 spiro atoms. The maximum atomic E-state index is 12.3. The lowest BCUT2D eigenvalue weighted by Gasteiger charge is -2.28. The number of hydrogen-bond donors (Lipinski definition) is 2. The molecule has 3 N–H and O–H groups in total. The molecule has 116 valence electrons. The van der Waals surface area contributed by atoms with Crippen molar-refractivity contribution in [3.05, 3.63) is 14.7 Å². The molecule has 0 aliphatic rings. The van der Waals surface area contributed by atoms with E-state index in [1.54, 1.807) is 6.07 Å². The second kappa shape index (κ2) is 6.85. The van der Waals surface area contributed by atoms with Crippen LogP contribution in [0.2, 0.25) is 0 Å². The fourth-order valence-corrected chi connectivity index (χ4v) is 5.76. The molecule has 0 aromatic carbocycles. The highest BCUT2D eigenvalue weighted by Crippen LogP contribution is 2.31. The van der Waals surface area contributed by atoms with Gasteiger partial charge in [0.1, 0.15) is 4.90 Å². The monoisotopic (exact) mass is 383 g/mol. The number of halogens is 1. The van der Waals surface area contributed by atoms with Crippen LogP contribution in [0.3, 0.4) is 0 Å². The summed E-state index contributed by atoms with van der Waals surface area (Å²) in [5.74, 6) is 0. The fraction of sp³-hybridized carbons (Fsp3) is 0.667. The van der Waals surface area contributed by atoms with Gasteiger partial charge in [-0.2, -0.15) is 0 Å². The first-order chi connectivity index (χ1) is 9.07. The lowest BCUT2D eigenvalue weighted by atomic mass is 9.93. The van der Waals surface area contributed by atoms with Gasteiger partial charge in [-0.1, -0.05) is 13.8 Å². The molecule has 1 heterocycles. The lowest BCUT2D eigenvalue weighted by Crippen LogP contribution is -2.39. The Morgan fingerprint density at radius 1 is 1.45 bits per heavy atom. The highest BCUT2D eigenvalue weighted by molar-refractivity contribution is 9.11. The summed E-state index contributed by atoms with van der Waals surface area (Å²) in [7, 11) is 0.433. The van der Waals surface area contributed by atoms with Crippen LogP contribution < -0.4 is 10.5 Å². The molecule has 0 aliphatic carbocycles. The summed E-state index contributed by atoms with van der Waals surface area (Å²) >= 11 is 4.64. The fourth-order valence-electron chi connectivity index (χ4n) is 1.96. The minimum Gasteiger partial charge on any atom is -0.326 e. The molecule has 0 bridgehead atoms. The first-order valence-electron chi connectivity index (χ1n) is 6.20. The first kappa shape index (κ1) is 18.1. The largest absolute Gasteiger partial charge is 0.326 e. The Balaban J connectivity index is 2.82. The van der Waals surface area contributed by atoms with Gasteiger partial charge in [0.2, 0.25) is 10.0 Å². The highest BCUT2D eigenvalue weighted by atomic mass is 79.9. The van der Waals surface area contributed by atoms with E-state index in [2.05, 4.69) is 20.7 Å². The zero-order chi connectivity index (χ0) is 15.6. The van der Waals surface area contributed by atoms with Crippen LogP contribution in [0.1, 0.15) is 18.7 Å². The molecule has 0 saturated heterocycles. The van der Waals surface area contributed by atoms with E-state index >= 15 is 0 Å². The zero-order valence-electron chi connectivity index (χ0n) is 12.2. The third kappa shape index (κ3) is 5.09. The van der Waals surface area contributed by atoms with Crippen LogP contribution in [0.25, 0.3) is 0 Å². The molecule has 0 radical (unpaired) electrons. The minimum atomic E-state index is -3.51. The molecule has 0 fully saturated rings. The van der Waals surface area contributed by atoms with E-state index in [9.17, 15) is 8.42 Å². The van der Waals surface area contributed by atoms with Crippen molar-refractivity contribution in [2.75, 3.05) is 27.2 Å². The maximum Gasteiger partial charge on any atom is 0.242 e.